The van der Waals surface area contributed by atoms with Crippen molar-refractivity contribution in [2.75, 3.05) is 5.32 Å². The van der Waals surface area contributed by atoms with E-state index in [1.807, 2.05) is 13.8 Å². The Kier molecular flexibility index (Phi) is 6.60. The molecule has 0 bridgehead atoms. The van der Waals surface area contributed by atoms with E-state index in [4.69, 9.17) is 11.6 Å². The average molecular weight is 443 g/mol. The summed E-state index contributed by atoms with van der Waals surface area (Å²) in [5.41, 5.74) is 1.56. The maximum atomic E-state index is 13.7. The number of nitrogens with zero attached hydrogens (tertiary/aromatic N) is 3. The number of carboxylic acid groups (broad SMARTS) is 1. The fourth-order valence-corrected chi connectivity index (χ4v) is 3.64. The SMILES string of the molecule is CCc1ccc(Cl)c(CC)c1NC(=O)c1c(C(=O)O)nc(C)nc1-c1ccnc(F)c1. The van der Waals surface area contributed by atoms with Gasteiger partial charge >= 0.3 is 5.97 Å². The summed E-state index contributed by atoms with van der Waals surface area (Å²) in [4.78, 5) is 37.0. The normalized spacial score (nSPS) is 10.7. The molecule has 0 atom stereocenters. The van der Waals surface area contributed by atoms with Crippen molar-refractivity contribution in [3.05, 3.63) is 69.6 Å². The van der Waals surface area contributed by atoms with Crippen LogP contribution in [0.15, 0.2) is 30.5 Å². The number of aromatic nitrogens is 3. The van der Waals surface area contributed by atoms with Gasteiger partial charge in [-0.25, -0.2) is 19.7 Å². The van der Waals surface area contributed by atoms with Gasteiger partial charge in [-0.1, -0.05) is 31.5 Å². The highest BCUT2D eigenvalue weighted by atomic mass is 35.5. The molecule has 2 aromatic heterocycles. The molecule has 0 aliphatic heterocycles. The van der Waals surface area contributed by atoms with Crippen molar-refractivity contribution < 1.29 is 19.1 Å². The highest BCUT2D eigenvalue weighted by molar-refractivity contribution is 6.32. The maximum Gasteiger partial charge on any atom is 0.355 e. The molecule has 3 rings (SSSR count). The van der Waals surface area contributed by atoms with E-state index in [-0.39, 0.29) is 22.6 Å². The Morgan fingerprint density at radius 1 is 1.16 bits per heavy atom. The quantitative estimate of drug-likeness (QED) is 0.535. The lowest BCUT2D eigenvalue weighted by Crippen LogP contribution is -2.22. The number of aryl methyl sites for hydroxylation is 2. The molecule has 7 nitrogen and oxygen atoms in total. The fraction of sp³-hybridized carbons (Fsp3) is 0.227. The second-order valence-electron chi connectivity index (χ2n) is 6.74. The van der Waals surface area contributed by atoms with Crippen LogP contribution < -0.4 is 5.32 Å². The Hall–Kier alpha value is -3.39. The molecule has 0 fully saturated rings. The minimum atomic E-state index is -1.40. The van der Waals surface area contributed by atoms with Crippen LogP contribution in [0.25, 0.3) is 11.3 Å². The van der Waals surface area contributed by atoms with E-state index in [2.05, 4.69) is 20.3 Å². The highest BCUT2D eigenvalue weighted by Crippen LogP contribution is 2.31. The number of rotatable bonds is 6. The van der Waals surface area contributed by atoms with Crippen LogP contribution in [0.5, 0.6) is 0 Å². The van der Waals surface area contributed by atoms with Gasteiger partial charge in [0.05, 0.1) is 11.3 Å². The first-order valence-corrected chi connectivity index (χ1v) is 10.00. The number of carbonyl (C=O) groups is 2. The van der Waals surface area contributed by atoms with Gasteiger partial charge in [-0.05, 0) is 43.0 Å². The summed E-state index contributed by atoms with van der Waals surface area (Å²) in [6.07, 6.45) is 2.39. The molecule has 0 unspecified atom stereocenters. The molecule has 1 amide bonds. The van der Waals surface area contributed by atoms with Gasteiger partial charge in [-0.3, -0.25) is 4.79 Å². The largest absolute Gasteiger partial charge is 0.476 e. The summed E-state index contributed by atoms with van der Waals surface area (Å²) < 4.78 is 13.7. The van der Waals surface area contributed by atoms with E-state index in [1.165, 1.54) is 19.2 Å². The minimum absolute atomic E-state index is 0.00169. The summed E-state index contributed by atoms with van der Waals surface area (Å²) >= 11 is 6.32. The Balaban J connectivity index is 2.22. The van der Waals surface area contributed by atoms with Gasteiger partial charge in [0.2, 0.25) is 5.95 Å². The zero-order valence-electron chi connectivity index (χ0n) is 17.2. The predicted molar refractivity (Wildman–Crippen MR) is 115 cm³/mol. The minimum Gasteiger partial charge on any atom is -0.476 e. The van der Waals surface area contributed by atoms with E-state index < -0.39 is 23.5 Å². The van der Waals surface area contributed by atoms with E-state index in [1.54, 1.807) is 12.1 Å². The molecular formula is C22H20ClFN4O3. The third-order valence-corrected chi connectivity index (χ3v) is 5.12. The summed E-state index contributed by atoms with van der Waals surface area (Å²) in [5.74, 6) is -2.78. The molecule has 0 spiro atoms. The van der Waals surface area contributed by atoms with Gasteiger partial charge in [-0.2, -0.15) is 4.39 Å². The number of aromatic carboxylic acids is 1. The van der Waals surface area contributed by atoms with Crippen molar-refractivity contribution in [1.29, 1.82) is 0 Å². The number of carbonyl (C=O) groups excluding carboxylic acids is 1. The van der Waals surface area contributed by atoms with Crippen LogP contribution in [-0.2, 0) is 12.8 Å². The van der Waals surface area contributed by atoms with E-state index in [9.17, 15) is 19.1 Å². The molecule has 3 aromatic rings. The summed E-state index contributed by atoms with van der Waals surface area (Å²) in [7, 11) is 0. The van der Waals surface area contributed by atoms with Gasteiger partial charge in [0.15, 0.2) is 5.69 Å². The fourth-order valence-electron chi connectivity index (χ4n) is 3.34. The zero-order valence-corrected chi connectivity index (χ0v) is 17.9. The number of halogens is 2. The topological polar surface area (TPSA) is 105 Å². The molecule has 0 aliphatic carbocycles. The molecule has 31 heavy (non-hydrogen) atoms. The molecule has 0 aliphatic rings. The van der Waals surface area contributed by atoms with Crippen LogP contribution in [-0.4, -0.2) is 31.9 Å². The Morgan fingerprint density at radius 2 is 1.90 bits per heavy atom. The lowest BCUT2D eigenvalue weighted by molar-refractivity contribution is 0.0685. The van der Waals surface area contributed by atoms with Crippen molar-refractivity contribution in [3.8, 4) is 11.3 Å². The van der Waals surface area contributed by atoms with Gasteiger partial charge < -0.3 is 10.4 Å². The maximum absolute atomic E-state index is 13.7. The molecule has 160 valence electrons. The number of hydrogen-bond donors (Lipinski definition) is 2. The highest BCUT2D eigenvalue weighted by Gasteiger charge is 2.27. The molecular weight excluding hydrogens is 423 g/mol. The van der Waals surface area contributed by atoms with Gasteiger partial charge in [0, 0.05) is 28.5 Å². The van der Waals surface area contributed by atoms with Crippen molar-refractivity contribution in [3.63, 3.8) is 0 Å². The molecule has 0 radical (unpaired) electrons. The second kappa shape index (κ2) is 9.18. The Bertz CT molecular complexity index is 1180. The van der Waals surface area contributed by atoms with Crippen molar-refractivity contribution in [2.24, 2.45) is 0 Å². The van der Waals surface area contributed by atoms with E-state index in [0.29, 0.717) is 23.6 Å². The van der Waals surface area contributed by atoms with Crippen molar-refractivity contribution in [1.82, 2.24) is 15.0 Å². The van der Waals surface area contributed by atoms with Crippen LogP contribution in [0.4, 0.5) is 10.1 Å². The summed E-state index contributed by atoms with van der Waals surface area (Å²) in [6.45, 7) is 5.33. The first-order chi connectivity index (χ1) is 14.8. The van der Waals surface area contributed by atoms with Gasteiger partial charge in [-0.15, -0.1) is 0 Å². The number of hydrogen-bond acceptors (Lipinski definition) is 5. The molecule has 0 saturated carbocycles. The third-order valence-electron chi connectivity index (χ3n) is 4.77. The van der Waals surface area contributed by atoms with E-state index >= 15 is 0 Å². The first kappa shape index (κ1) is 22.3. The number of anilines is 1. The number of nitrogens with one attached hydrogen (secondary N) is 1. The van der Waals surface area contributed by atoms with Crippen molar-refractivity contribution in [2.45, 2.75) is 33.6 Å². The number of benzene rings is 1. The van der Waals surface area contributed by atoms with Gasteiger partial charge in [0.1, 0.15) is 5.82 Å². The van der Waals surface area contributed by atoms with Crippen LogP contribution in [0, 0.1) is 12.9 Å². The smallest absolute Gasteiger partial charge is 0.355 e. The first-order valence-electron chi connectivity index (χ1n) is 9.62. The number of amides is 1. The standard InChI is InChI=1S/C22H20ClFN4O3/c1-4-12-6-7-15(23)14(5-2)18(12)28-21(29)17-19(13-8-9-25-16(24)10-13)26-11(3)27-20(17)22(30)31/h6-10H,4-5H2,1-3H3,(H,28,29)(H,30,31). The molecule has 2 heterocycles. The average Bonchev–Trinajstić information content (AvgIpc) is 2.73. The van der Waals surface area contributed by atoms with Crippen molar-refractivity contribution >= 4 is 29.2 Å². The molecule has 0 saturated heterocycles. The lowest BCUT2D eigenvalue weighted by Gasteiger charge is -2.18. The number of carboxylic acids is 1. The van der Waals surface area contributed by atoms with Gasteiger partial charge in [0.25, 0.3) is 5.91 Å². The van der Waals surface area contributed by atoms with Crippen LogP contribution in [0.1, 0.15) is 51.6 Å². The predicted octanol–water partition coefficient (Wildman–Crippen LogP) is 4.71. The summed E-state index contributed by atoms with van der Waals surface area (Å²) in [5, 5.41) is 13.0. The zero-order chi connectivity index (χ0) is 22.7. The third kappa shape index (κ3) is 4.54. The lowest BCUT2D eigenvalue weighted by atomic mass is 10.0. The van der Waals surface area contributed by atoms with Crippen LogP contribution >= 0.6 is 11.6 Å². The number of pyridine rings is 1. The Morgan fingerprint density at radius 3 is 2.52 bits per heavy atom. The monoisotopic (exact) mass is 442 g/mol. The van der Waals surface area contributed by atoms with Crippen LogP contribution in [0.3, 0.4) is 0 Å². The Labute approximate surface area is 183 Å². The molecule has 1 aromatic carbocycles. The van der Waals surface area contributed by atoms with E-state index in [0.717, 1.165) is 17.2 Å². The molecule has 9 heteroatoms. The second-order valence-corrected chi connectivity index (χ2v) is 7.14. The van der Waals surface area contributed by atoms with Crippen LogP contribution in [0.2, 0.25) is 5.02 Å². The summed E-state index contributed by atoms with van der Waals surface area (Å²) in [6, 6.07) is 6.10. The molecule has 2 N–H and O–H groups in total.